The van der Waals surface area contributed by atoms with E-state index in [2.05, 4.69) is 5.32 Å². The third kappa shape index (κ3) is 3.09. The van der Waals surface area contributed by atoms with E-state index in [-0.39, 0.29) is 34.9 Å². The molecule has 2 aliphatic heterocycles. The fourth-order valence-electron chi connectivity index (χ4n) is 4.60. The van der Waals surface area contributed by atoms with Crippen LogP contribution in [0.1, 0.15) is 24.0 Å². The van der Waals surface area contributed by atoms with Crippen molar-refractivity contribution in [3.05, 3.63) is 57.6 Å². The number of hydrogen-bond donors (Lipinski definition) is 1. The van der Waals surface area contributed by atoms with E-state index >= 15 is 0 Å². The minimum Gasteiger partial charge on any atom is -0.495 e. The lowest BCUT2D eigenvalue weighted by molar-refractivity contribution is -0.384. The normalized spacial score (nSPS) is 18.0. The highest BCUT2D eigenvalue weighted by molar-refractivity contribution is 5.83. The number of halogens is 3. The summed E-state index contributed by atoms with van der Waals surface area (Å²) < 4.78 is 47.3. The van der Waals surface area contributed by atoms with Gasteiger partial charge in [0.05, 0.1) is 23.3 Å². The number of nitro benzene ring substituents is 1. The SMILES string of the molecule is COc1ccc(C(F)(F)F)c2c1N(c1ccccc1[N+](=O)[O-])CC21CCNCC1. The molecule has 0 aromatic heterocycles. The largest absolute Gasteiger partial charge is 0.495 e. The second-order valence-electron chi connectivity index (χ2n) is 7.40. The van der Waals surface area contributed by atoms with E-state index in [0.717, 1.165) is 6.07 Å². The fraction of sp³-hybridized carbons (Fsp3) is 0.400. The van der Waals surface area contributed by atoms with Gasteiger partial charge in [0.2, 0.25) is 0 Å². The number of anilines is 2. The number of alkyl halides is 3. The van der Waals surface area contributed by atoms with E-state index in [1.807, 2.05) is 0 Å². The number of hydrogen-bond acceptors (Lipinski definition) is 5. The third-order valence-electron chi connectivity index (χ3n) is 5.86. The Morgan fingerprint density at radius 2 is 1.86 bits per heavy atom. The zero-order valence-electron chi connectivity index (χ0n) is 15.8. The maximum absolute atomic E-state index is 14.0. The van der Waals surface area contributed by atoms with Gasteiger partial charge in [-0.25, -0.2) is 0 Å². The molecule has 6 nitrogen and oxygen atoms in total. The molecule has 1 saturated heterocycles. The smallest absolute Gasteiger partial charge is 0.416 e. The molecule has 2 heterocycles. The van der Waals surface area contributed by atoms with Gasteiger partial charge in [-0.2, -0.15) is 13.2 Å². The van der Waals surface area contributed by atoms with Gasteiger partial charge in [0.1, 0.15) is 11.4 Å². The molecule has 0 radical (unpaired) electrons. The lowest BCUT2D eigenvalue weighted by Gasteiger charge is -2.36. The molecule has 2 aliphatic rings. The Morgan fingerprint density at radius 1 is 1.17 bits per heavy atom. The summed E-state index contributed by atoms with van der Waals surface area (Å²) >= 11 is 0. The number of benzene rings is 2. The predicted octanol–water partition coefficient (Wildman–Crippen LogP) is 4.40. The fourth-order valence-corrected chi connectivity index (χ4v) is 4.60. The van der Waals surface area contributed by atoms with Crippen molar-refractivity contribution < 1.29 is 22.8 Å². The van der Waals surface area contributed by atoms with Crippen LogP contribution in [0.2, 0.25) is 0 Å². The van der Waals surface area contributed by atoms with E-state index in [1.165, 1.54) is 19.2 Å². The first-order valence-electron chi connectivity index (χ1n) is 9.29. The molecule has 9 heteroatoms. The van der Waals surface area contributed by atoms with Gasteiger partial charge >= 0.3 is 6.18 Å². The molecule has 1 fully saturated rings. The number of nitro groups is 1. The Kier molecular flexibility index (Phi) is 4.65. The Labute approximate surface area is 165 Å². The number of ether oxygens (including phenoxy) is 1. The summed E-state index contributed by atoms with van der Waals surface area (Å²) in [6.45, 7) is 1.40. The van der Waals surface area contributed by atoms with E-state index in [0.29, 0.717) is 25.9 Å². The van der Waals surface area contributed by atoms with E-state index in [1.54, 1.807) is 23.1 Å². The number of para-hydroxylation sites is 2. The molecular formula is C20H20F3N3O3. The summed E-state index contributed by atoms with van der Waals surface area (Å²) in [5, 5.41) is 14.8. The summed E-state index contributed by atoms with van der Waals surface area (Å²) in [6, 6.07) is 8.48. The van der Waals surface area contributed by atoms with Crippen LogP contribution in [0.5, 0.6) is 5.75 Å². The highest BCUT2D eigenvalue weighted by Gasteiger charge is 2.51. The molecular weight excluding hydrogens is 387 g/mol. The second-order valence-corrected chi connectivity index (χ2v) is 7.40. The van der Waals surface area contributed by atoms with Gasteiger partial charge in [-0.15, -0.1) is 0 Å². The first kappa shape index (κ1) is 19.5. The molecule has 1 N–H and O–H groups in total. The minimum atomic E-state index is -4.53. The number of nitrogens with one attached hydrogen (secondary N) is 1. The maximum atomic E-state index is 14.0. The van der Waals surface area contributed by atoms with Crippen molar-refractivity contribution in [3.63, 3.8) is 0 Å². The number of rotatable bonds is 3. The topological polar surface area (TPSA) is 67.6 Å². The number of fused-ring (bicyclic) bond motifs is 2. The van der Waals surface area contributed by atoms with E-state index in [9.17, 15) is 23.3 Å². The molecule has 0 bridgehead atoms. The molecule has 1 spiro atoms. The van der Waals surface area contributed by atoms with Crippen LogP contribution in [0.4, 0.5) is 30.2 Å². The molecule has 0 atom stereocenters. The Morgan fingerprint density at radius 3 is 2.48 bits per heavy atom. The van der Waals surface area contributed by atoms with Gasteiger partial charge in [-0.3, -0.25) is 10.1 Å². The minimum absolute atomic E-state index is 0.149. The van der Waals surface area contributed by atoms with Crippen molar-refractivity contribution in [2.24, 2.45) is 0 Å². The van der Waals surface area contributed by atoms with Gasteiger partial charge in [0, 0.05) is 18.0 Å². The average molecular weight is 407 g/mol. The molecule has 29 heavy (non-hydrogen) atoms. The van der Waals surface area contributed by atoms with Crippen LogP contribution in [0.15, 0.2) is 36.4 Å². The van der Waals surface area contributed by atoms with Crippen LogP contribution < -0.4 is 15.0 Å². The predicted molar refractivity (Wildman–Crippen MR) is 102 cm³/mol. The van der Waals surface area contributed by atoms with E-state index < -0.39 is 22.1 Å². The Hall–Kier alpha value is -2.81. The highest BCUT2D eigenvalue weighted by Crippen LogP contribution is 2.57. The molecule has 4 rings (SSSR count). The number of piperidine rings is 1. The van der Waals surface area contributed by atoms with E-state index in [4.69, 9.17) is 4.74 Å². The standard InChI is InChI=1S/C20H20F3N3O3/c1-29-16-7-6-13(20(21,22)23)17-18(16)25(12-19(17)8-10-24-11-9-19)14-4-2-3-5-15(14)26(27)28/h2-7,24H,8-12H2,1H3. The molecule has 0 saturated carbocycles. The van der Waals surface area contributed by atoms with Crippen molar-refractivity contribution in [2.45, 2.75) is 24.4 Å². The second kappa shape index (κ2) is 6.91. The first-order chi connectivity index (χ1) is 13.8. The third-order valence-corrected chi connectivity index (χ3v) is 5.86. The molecule has 0 unspecified atom stereocenters. The zero-order valence-corrected chi connectivity index (χ0v) is 15.8. The van der Waals surface area contributed by atoms with Crippen LogP contribution in [0, 0.1) is 10.1 Å². The van der Waals surface area contributed by atoms with Gasteiger partial charge in [-0.1, -0.05) is 12.1 Å². The van der Waals surface area contributed by atoms with Crippen molar-refractivity contribution in [1.82, 2.24) is 5.32 Å². The number of methoxy groups -OCH3 is 1. The van der Waals surface area contributed by atoms with Crippen molar-refractivity contribution >= 4 is 17.1 Å². The molecule has 0 aliphatic carbocycles. The van der Waals surface area contributed by atoms with Crippen molar-refractivity contribution in [2.75, 3.05) is 31.6 Å². The van der Waals surface area contributed by atoms with Crippen molar-refractivity contribution in [3.8, 4) is 5.75 Å². The number of nitrogens with zero attached hydrogens (tertiary/aromatic N) is 2. The summed E-state index contributed by atoms with van der Waals surface area (Å²) in [7, 11) is 1.40. The zero-order chi connectivity index (χ0) is 20.8. The Balaban J connectivity index is 2.02. The quantitative estimate of drug-likeness (QED) is 0.604. The summed E-state index contributed by atoms with van der Waals surface area (Å²) in [6.07, 6.45) is -3.52. The van der Waals surface area contributed by atoms with Crippen LogP contribution in [-0.2, 0) is 11.6 Å². The van der Waals surface area contributed by atoms with Crippen LogP contribution in [-0.4, -0.2) is 31.7 Å². The summed E-state index contributed by atoms with van der Waals surface area (Å²) in [5.41, 5.74) is -0.876. The molecule has 154 valence electrons. The van der Waals surface area contributed by atoms with Crippen LogP contribution in [0.25, 0.3) is 0 Å². The van der Waals surface area contributed by atoms with Gasteiger partial charge < -0.3 is 15.0 Å². The molecule has 2 aromatic rings. The van der Waals surface area contributed by atoms with Crippen LogP contribution >= 0.6 is 0 Å². The summed E-state index contributed by atoms with van der Waals surface area (Å²) in [4.78, 5) is 12.7. The lowest BCUT2D eigenvalue weighted by atomic mass is 9.73. The maximum Gasteiger partial charge on any atom is 0.416 e. The van der Waals surface area contributed by atoms with Crippen molar-refractivity contribution in [1.29, 1.82) is 0 Å². The molecule has 2 aromatic carbocycles. The van der Waals surface area contributed by atoms with Gasteiger partial charge in [0.15, 0.2) is 0 Å². The average Bonchev–Trinajstić information content (AvgIpc) is 3.01. The molecule has 0 amide bonds. The van der Waals surface area contributed by atoms with Gasteiger partial charge in [-0.05, 0) is 49.7 Å². The monoisotopic (exact) mass is 407 g/mol. The first-order valence-corrected chi connectivity index (χ1v) is 9.29. The van der Waals surface area contributed by atoms with Gasteiger partial charge in [0.25, 0.3) is 5.69 Å². The highest BCUT2D eigenvalue weighted by atomic mass is 19.4. The van der Waals surface area contributed by atoms with Crippen LogP contribution in [0.3, 0.4) is 0 Å². The Bertz CT molecular complexity index is 956. The lowest BCUT2D eigenvalue weighted by Crippen LogP contribution is -2.43. The summed E-state index contributed by atoms with van der Waals surface area (Å²) in [5.74, 6) is 0.279.